The van der Waals surface area contributed by atoms with Crippen LogP contribution in [0.4, 0.5) is 0 Å². The molecule has 0 saturated heterocycles. The van der Waals surface area contributed by atoms with Crippen LogP contribution in [0, 0.1) is 0 Å². The molecule has 18 heavy (non-hydrogen) atoms. The van der Waals surface area contributed by atoms with Crippen molar-refractivity contribution >= 4 is 0 Å². The second kappa shape index (κ2) is 6.72. The van der Waals surface area contributed by atoms with Gasteiger partial charge in [-0.15, -0.1) is 0 Å². The third-order valence-electron chi connectivity index (χ3n) is 3.01. The number of nitrogens with zero attached hydrogens (tertiary/aromatic N) is 2. The van der Waals surface area contributed by atoms with Gasteiger partial charge < -0.3 is 9.47 Å². The Balaban J connectivity index is 3.05. The zero-order valence-corrected chi connectivity index (χ0v) is 11.8. The van der Waals surface area contributed by atoms with Gasteiger partial charge in [0.2, 0.25) is 0 Å². The van der Waals surface area contributed by atoms with Crippen LogP contribution in [0.2, 0.25) is 0 Å². The van der Waals surface area contributed by atoms with E-state index < -0.39 is 0 Å². The Morgan fingerprint density at radius 2 is 2.06 bits per heavy atom. The third-order valence-corrected chi connectivity index (χ3v) is 3.01. The number of hydrazine groups is 1. The first-order valence-corrected chi connectivity index (χ1v) is 6.15. The summed E-state index contributed by atoms with van der Waals surface area (Å²) in [5, 5.41) is 4.34. The van der Waals surface area contributed by atoms with E-state index in [2.05, 4.69) is 24.4 Å². The van der Waals surface area contributed by atoms with Crippen LogP contribution < -0.4 is 16.0 Å². The lowest BCUT2D eigenvalue weighted by Crippen LogP contribution is -2.33. The van der Waals surface area contributed by atoms with E-state index in [1.807, 2.05) is 11.6 Å². The lowest BCUT2D eigenvalue weighted by Gasteiger charge is -2.23. The first-order valence-electron chi connectivity index (χ1n) is 6.15. The Kier molecular flexibility index (Phi) is 5.58. The van der Waals surface area contributed by atoms with Crippen LogP contribution in [0.3, 0.4) is 0 Å². The van der Waals surface area contributed by atoms with E-state index in [-0.39, 0.29) is 18.2 Å². The molecule has 104 valence electrons. The highest BCUT2D eigenvalue weighted by molar-refractivity contribution is 5.28. The van der Waals surface area contributed by atoms with Crippen molar-refractivity contribution in [3.05, 3.63) is 11.9 Å². The minimum Gasteiger partial charge on any atom is -0.493 e. The highest BCUT2D eigenvalue weighted by Gasteiger charge is 2.24. The largest absolute Gasteiger partial charge is 0.493 e. The van der Waals surface area contributed by atoms with E-state index in [9.17, 15) is 0 Å². The quantitative estimate of drug-likeness (QED) is 0.570. The molecule has 1 aromatic rings. The summed E-state index contributed by atoms with van der Waals surface area (Å²) < 4.78 is 12.6. The molecule has 0 bridgehead atoms. The fourth-order valence-corrected chi connectivity index (χ4v) is 1.94. The molecule has 1 aromatic heterocycles. The number of nitrogens with one attached hydrogen (secondary N) is 1. The van der Waals surface area contributed by atoms with Crippen molar-refractivity contribution in [2.45, 2.75) is 45.4 Å². The monoisotopic (exact) mass is 256 g/mol. The second-order valence-electron chi connectivity index (χ2n) is 4.64. The van der Waals surface area contributed by atoms with Crippen molar-refractivity contribution in [2.24, 2.45) is 5.84 Å². The van der Waals surface area contributed by atoms with Crippen LogP contribution in [-0.4, -0.2) is 30.1 Å². The number of aromatic nitrogens is 2. The maximum Gasteiger partial charge on any atom is 0.161 e. The molecule has 6 nitrogen and oxygen atoms in total. The van der Waals surface area contributed by atoms with E-state index in [0.29, 0.717) is 0 Å². The first kappa shape index (κ1) is 14.9. The van der Waals surface area contributed by atoms with E-state index >= 15 is 0 Å². The summed E-state index contributed by atoms with van der Waals surface area (Å²) in [6.07, 6.45) is 2.57. The number of hydrogen-bond acceptors (Lipinski definition) is 5. The van der Waals surface area contributed by atoms with Gasteiger partial charge in [0.25, 0.3) is 0 Å². The Morgan fingerprint density at radius 3 is 2.50 bits per heavy atom. The van der Waals surface area contributed by atoms with Crippen molar-refractivity contribution in [2.75, 3.05) is 14.2 Å². The molecule has 3 N–H and O–H groups in total. The van der Waals surface area contributed by atoms with E-state index in [1.54, 1.807) is 20.4 Å². The minimum absolute atomic E-state index is 0.0557. The van der Waals surface area contributed by atoms with Crippen molar-refractivity contribution in [3.8, 4) is 5.75 Å². The van der Waals surface area contributed by atoms with Gasteiger partial charge in [0, 0.05) is 13.2 Å². The zero-order chi connectivity index (χ0) is 13.7. The van der Waals surface area contributed by atoms with E-state index in [1.165, 1.54) is 0 Å². The van der Waals surface area contributed by atoms with E-state index in [0.717, 1.165) is 17.9 Å². The Labute approximate surface area is 108 Å². The fraction of sp³-hybridized carbons (Fsp3) is 0.750. The maximum atomic E-state index is 5.66. The molecule has 0 saturated carbocycles. The van der Waals surface area contributed by atoms with Gasteiger partial charge in [0.05, 0.1) is 31.1 Å². The number of methoxy groups -OCH3 is 2. The Morgan fingerprint density at radius 1 is 1.39 bits per heavy atom. The molecule has 0 amide bonds. The second-order valence-corrected chi connectivity index (χ2v) is 4.64. The molecule has 6 heteroatoms. The fourth-order valence-electron chi connectivity index (χ4n) is 1.94. The highest BCUT2D eigenvalue weighted by atomic mass is 16.5. The van der Waals surface area contributed by atoms with Gasteiger partial charge in [-0.2, -0.15) is 5.10 Å². The standard InChI is InChI=1S/C12H24N4O2/c1-8(2)16-12(11(18-5)7-14-16)10(15-13)6-9(3)17-4/h7-10,15H,6,13H2,1-5H3. The van der Waals surface area contributed by atoms with Crippen LogP contribution in [0.1, 0.15) is 45.0 Å². The van der Waals surface area contributed by atoms with Crippen LogP contribution >= 0.6 is 0 Å². The number of hydrogen-bond donors (Lipinski definition) is 2. The van der Waals surface area contributed by atoms with Gasteiger partial charge in [-0.1, -0.05) is 0 Å². The van der Waals surface area contributed by atoms with Crippen molar-refractivity contribution in [3.63, 3.8) is 0 Å². The van der Waals surface area contributed by atoms with Gasteiger partial charge in [-0.25, -0.2) is 0 Å². The van der Waals surface area contributed by atoms with Crippen molar-refractivity contribution in [1.29, 1.82) is 0 Å². The minimum atomic E-state index is -0.0557. The molecule has 0 aliphatic carbocycles. The van der Waals surface area contributed by atoms with Gasteiger partial charge in [-0.05, 0) is 27.2 Å². The van der Waals surface area contributed by atoms with Gasteiger partial charge in [0.1, 0.15) is 0 Å². The maximum absolute atomic E-state index is 5.66. The normalized spacial score (nSPS) is 14.8. The molecule has 2 atom stereocenters. The number of rotatable bonds is 7. The lowest BCUT2D eigenvalue weighted by molar-refractivity contribution is 0.0987. The smallest absolute Gasteiger partial charge is 0.161 e. The molecule has 2 unspecified atom stereocenters. The molecular weight excluding hydrogens is 232 g/mol. The zero-order valence-electron chi connectivity index (χ0n) is 11.8. The molecule has 0 aliphatic rings. The van der Waals surface area contributed by atoms with Crippen LogP contribution in [0.25, 0.3) is 0 Å². The van der Waals surface area contributed by atoms with Crippen molar-refractivity contribution in [1.82, 2.24) is 15.2 Å². The van der Waals surface area contributed by atoms with Gasteiger partial charge >= 0.3 is 0 Å². The lowest BCUT2D eigenvalue weighted by atomic mass is 10.1. The van der Waals surface area contributed by atoms with Crippen LogP contribution in [-0.2, 0) is 4.74 Å². The number of nitrogens with two attached hydrogens (primary N) is 1. The molecule has 0 fully saturated rings. The topological polar surface area (TPSA) is 74.3 Å². The predicted molar refractivity (Wildman–Crippen MR) is 70.3 cm³/mol. The SMILES string of the molecule is COc1cnn(C(C)C)c1C(CC(C)OC)NN. The molecule has 0 spiro atoms. The Bertz CT molecular complexity index is 365. The summed E-state index contributed by atoms with van der Waals surface area (Å²) >= 11 is 0. The molecule has 0 radical (unpaired) electrons. The summed E-state index contributed by atoms with van der Waals surface area (Å²) in [6.45, 7) is 6.15. The molecule has 1 heterocycles. The summed E-state index contributed by atoms with van der Waals surface area (Å²) in [5.74, 6) is 6.40. The van der Waals surface area contributed by atoms with E-state index in [4.69, 9.17) is 15.3 Å². The first-order chi connectivity index (χ1) is 8.54. The molecule has 1 rings (SSSR count). The molecule has 0 aliphatic heterocycles. The van der Waals surface area contributed by atoms with Gasteiger partial charge in [-0.3, -0.25) is 16.0 Å². The van der Waals surface area contributed by atoms with Crippen LogP contribution in [0.15, 0.2) is 6.20 Å². The molecular formula is C12H24N4O2. The highest BCUT2D eigenvalue weighted by Crippen LogP contribution is 2.30. The third kappa shape index (κ3) is 3.22. The summed E-state index contributed by atoms with van der Waals surface area (Å²) in [4.78, 5) is 0. The number of ether oxygens (including phenoxy) is 2. The average Bonchev–Trinajstić information content (AvgIpc) is 2.79. The average molecular weight is 256 g/mol. The van der Waals surface area contributed by atoms with Crippen LogP contribution in [0.5, 0.6) is 5.75 Å². The predicted octanol–water partition coefficient (Wildman–Crippen LogP) is 1.40. The Hall–Kier alpha value is -1.11. The summed E-state index contributed by atoms with van der Waals surface area (Å²) in [6, 6.07) is 0.192. The summed E-state index contributed by atoms with van der Waals surface area (Å²) in [5.41, 5.74) is 3.78. The van der Waals surface area contributed by atoms with Crippen molar-refractivity contribution < 1.29 is 9.47 Å². The molecule has 0 aromatic carbocycles. The summed E-state index contributed by atoms with van der Waals surface area (Å²) in [7, 11) is 3.33. The van der Waals surface area contributed by atoms with Gasteiger partial charge in [0.15, 0.2) is 5.75 Å².